The van der Waals surface area contributed by atoms with Crippen LogP contribution < -0.4 is 5.56 Å². The van der Waals surface area contributed by atoms with Gasteiger partial charge in [0, 0.05) is 11.9 Å². The molecule has 0 aliphatic heterocycles. The number of aromatic amines is 1. The van der Waals surface area contributed by atoms with E-state index in [2.05, 4.69) is 16.0 Å². The molecule has 2 aromatic heterocycles. The van der Waals surface area contributed by atoms with Crippen LogP contribution in [0.2, 0.25) is 0 Å². The third-order valence-electron chi connectivity index (χ3n) is 4.12. The number of hydrogen-bond acceptors (Lipinski definition) is 2. The van der Waals surface area contributed by atoms with Crippen molar-refractivity contribution in [2.75, 3.05) is 0 Å². The highest BCUT2D eigenvalue weighted by atomic mass is 16.1. The predicted octanol–water partition coefficient (Wildman–Crippen LogP) is 3.23. The Morgan fingerprint density at radius 1 is 1.09 bits per heavy atom. The first-order valence-corrected chi connectivity index (χ1v) is 7.24. The maximum absolute atomic E-state index is 12.9. The minimum atomic E-state index is 0.0247. The van der Waals surface area contributed by atoms with Gasteiger partial charge in [-0.25, -0.2) is 4.98 Å². The largest absolute Gasteiger partial charge is 0.348 e. The molecule has 2 aromatic carbocycles. The Labute approximate surface area is 127 Å². The predicted molar refractivity (Wildman–Crippen MR) is 88.1 cm³/mol. The second-order valence-corrected chi connectivity index (χ2v) is 5.47. The Hall–Kier alpha value is -2.88. The molecule has 0 atom stereocenters. The summed E-state index contributed by atoms with van der Waals surface area (Å²) < 4.78 is 1.72. The number of rotatable bonds is 2. The van der Waals surface area contributed by atoms with E-state index in [1.807, 2.05) is 49.5 Å². The van der Waals surface area contributed by atoms with Gasteiger partial charge in [-0.15, -0.1) is 0 Å². The first kappa shape index (κ1) is 12.8. The van der Waals surface area contributed by atoms with Crippen molar-refractivity contribution in [3.63, 3.8) is 0 Å². The highest BCUT2D eigenvalue weighted by Crippen LogP contribution is 2.22. The molecular weight excluding hydrogens is 274 g/mol. The van der Waals surface area contributed by atoms with Gasteiger partial charge in [0.15, 0.2) is 0 Å². The Morgan fingerprint density at radius 2 is 1.91 bits per heavy atom. The first-order valence-electron chi connectivity index (χ1n) is 7.24. The van der Waals surface area contributed by atoms with Gasteiger partial charge < -0.3 is 9.55 Å². The van der Waals surface area contributed by atoms with Gasteiger partial charge in [-0.2, -0.15) is 0 Å². The summed E-state index contributed by atoms with van der Waals surface area (Å²) in [4.78, 5) is 20.2. The van der Waals surface area contributed by atoms with Crippen molar-refractivity contribution in [1.82, 2.24) is 14.5 Å². The van der Waals surface area contributed by atoms with E-state index in [1.54, 1.807) is 10.9 Å². The number of aryl methyl sites for hydroxylation is 1. The molecule has 4 heteroatoms. The van der Waals surface area contributed by atoms with Crippen molar-refractivity contribution in [3.05, 3.63) is 76.7 Å². The molecule has 0 fully saturated rings. The van der Waals surface area contributed by atoms with Gasteiger partial charge in [0.25, 0.3) is 5.56 Å². The van der Waals surface area contributed by atoms with Gasteiger partial charge in [-0.3, -0.25) is 4.79 Å². The molecule has 0 saturated heterocycles. The van der Waals surface area contributed by atoms with Crippen LogP contribution in [0.3, 0.4) is 0 Å². The van der Waals surface area contributed by atoms with Crippen molar-refractivity contribution in [1.29, 1.82) is 0 Å². The first-order chi connectivity index (χ1) is 10.7. The van der Waals surface area contributed by atoms with Gasteiger partial charge in [0.1, 0.15) is 0 Å². The van der Waals surface area contributed by atoms with Crippen molar-refractivity contribution in [3.8, 4) is 0 Å². The fourth-order valence-corrected chi connectivity index (χ4v) is 2.88. The molecule has 2 heterocycles. The summed E-state index contributed by atoms with van der Waals surface area (Å²) in [5, 5.41) is 3.83. The second kappa shape index (κ2) is 4.84. The molecule has 0 saturated carbocycles. The molecule has 4 nitrogen and oxygen atoms in total. The van der Waals surface area contributed by atoms with E-state index >= 15 is 0 Å². The summed E-state index contributed by atoms with van der Waals surface area (Å²) in [7, 11) is 0. The summed E-state index contributed by atoms with van der Waals surface area (Å²) in [5.41, 5.74) is 1.91. The number of pyridine rings is 1. The lowest BCUT2D eigenvalue weighted by Gasteiger charge is -2.08. The Morgan fingerprint density at radius 3 is 2.73 bits per heavy atom. The van der Waals surface area contributed by atoms with Crippen LogP contribution in [-0.4, -0.2) is 14.5 Å². The molecular formula is C18H15N3O. The van der Waals surface area contributed by atoms with E-state index in [9.17, 15) is 4.79 Å². The smallest absolute Gasteiger partial charge is 0.259 e. The highest BCUT2D eigenvalue weighted by Gasteiger charge is 2.09. The van der Waals surface area contributed by atoms with Crippen molar-refractivity contribution in [2.24, 2.45) is 0 Å². The minimum Gasteiger partial charge on any atom is -0.348 e. The molecule has 0 spiro atoms. The average Bonchev–Trinajstić information content (AvgIpc) is 2.94. The van der Waals surface area contributed by atoms with Crippen LogP contribution in [0.15, 0.2) is 59.8 Å². The van der Waals surface area contributed by atoms with Crippen LogP contribution >= 0.6 is 0 Å². The summed E-state index contributed by atoms with van der Waals surface area (Å²) in [6.45, 7) is 2.44. The fraction of sp³-hybridized carbons (Fsp3) is 0.111. The molecule has 0 bridgehead atoms. The Kier molecular flexibility index (Phi) is 2.82. The molecule has 108 valence electrons. The Balaban J connectivity index is 1.98. The zero-order chi connectivity index (χ0) is 15.1. The lowest BCUT2D eigenvalue weighted by atomic mass is 10.0. The highest BCUT2D eigenvalue weighted by molar-refractivity contribution is 6.06. The minimum absolute atomic E-state index is 0.0247. The van der Waals surface area contributed by atoms with Gasteiger partial charge in [-0.05, 0) is 29.1 Å². The fourth-order valence-electron chi connectivity index (χ4n) is 2.88. The van der Waals surface area contributed by atoms with Crippen LogP contribution in [0, 0.1) is 6.92 Å². The second-order valence-electron chi connectivity index (χ2n) is 5.47. The van der Waals surface area contributed by atoms with Crippen LogP contribution in [0.25, 0.3) is 21.5 Å². The molecule has 4 rings (SSSR count). The maximum Gasteiger partial charge on any atom is 0.259 e. The number of fused-ring (bicyclic) bond motifs is 3. The lowest BCUT2D eigenvalue weighted by Crippen LogP contribution is -2.20. The SMILES string of the molecule is Cc1[nH]cnc1Cn1ccc2ccc3ccccc3c2c1=O. The molecule has 1 N–H and O–H groups in total. The van der Waals surface area contributed by atoms with E-state index in [1.165, 1.54) is 0 Å². The van der Waals surface area contributed by atoms with Crippen LogP contribution in [0.1, 0.15) is 11.4 Å². The number of nitrogens with zero attached hydrogens (tertiary/aromatic N) is 2. The third kappa shape index (κ3) is 1.92. The van der Waals surface area contributed by atoms with Crippen molar-refractivity contribution < 1.29 is 0 Å². The molecule has 0 unspecified atom stereocenters. The zero-order valence-corrected chi connectivity index (χ0v) is 12.2. The quantitative estimate of drug-likeness (QED) is 0.576. The van der Waals surface area contributed by atoms with Crippen LogP contribution in [0.5, 0.6) is 0 Å². The van der Waals surface area contributed by atoms with Crippen molar-refractivity contribution >= 4 is 21.5 Å². The average molecular weight is 289 g/mol. The third-order valence-corrected chi connectivity index (χ3v) is 4.12. The van der Waals surface area contributed by atoms with Crippen molar-refractivity contribution in [2.45, 2.75) is 13.5 Å². The Bertz CT molecular complexity index is 1040. The van der Waals surface area contributed by atoms with Gasteiger partial charge >= 0.3 is 0 Å². The van der Waals surface area contributed by atoms with Gasteiger partial charge in [0.2, 0.25) is 0 Å². The molecule has 0 amide bonds. The number of H-pyrrole nitrogens is 1. The van der Waals surface area contributed by atoms with E-state index < -0.39 is 0 Å². The topological polar surface area (TPSA) is 50.7 Å². The van der Waals surface area contributed by atoms with E-state index in [4.69, 9.17) is 0 Å². The van der Waals surface area contributed by atoms with Crippen LogP contribution in [-0.2, 0) is 6.54 Å². The molecule has 0 radical (unpaired) electrons. The van der Waals surface area contributed by atoms with E-state index in [0.29, 0.717) is 6.54 Å². The number of aromatic nitrogens is 3. The zero-order valence-electron chi connectivity index (χ0n) is 12.2. The number of hydrogen-bond donors (Lipinski definition) is 1. The van der Waals surface area contributed by atoms with Gasteiger partial charge in [-0.1, -0.05) is 36.4 Å². The lowest BCUT2D eigenvalue weighted by molar-refractivity contribution is 0.747. The molecule has 22 heavy (non-hydrogen) atoms. The van der Waals surface area contributed by atoms with E-state index in [-0.39, 0.29) is 5.56 Å². The van der Waals surface area contributed by atoms with Gasteiger partial charge in [0.05, 0.1) is 24.0 Å². The number of nitrogens with one attached hydrogen (secondary N) is 1. The molecule has 0 aliphatic carbocycles. The number of benzene rings is 2. The number of imidazole rings is 1. The normalized spacial score (nSPS) is 11.3. The summed E-state index contributed by atoms with van der Waals surface area (Å²) >= 11 is 0. The molecule has 4 aromatic rings. The van der Waals surface area contributed by atoms with Crippen LogP contribution in [0.4, 0.5) is 0 Å². The molecule has 0 aliphatic rings. The van der Waals surface area contributed by atoms with E-state index in [0.717, 1.165) is 32.9 Å². The summed E-state index contributed by atoms with van der Waals surface area (Å²) in [6.07, 6.45) is 3.50. The monoisotopic (exact) mass is 289 g/mol. The maximum atomic E-state index is 12.9. The standard InChI is InChI=1S/C18H15N3O/c1-12-16(20-11-19-12)10-21-9-8-14-7-6-13-4-2-3-5-15(13)17(14)18(21)22/h2-9,11H,10H2,1H3,(H,19,20). The summed E-state index contributed by atoms with van der Waals surface area (Å²) in [6, 6.07) is 14.0. The summed E-state index contributed by atoms with van der Waals surface area (Å²) in [5.74, 6) is 0.